The van der Waals surface area contributed by atoms with E-state index in [1.165, 1.54) is 57.8 Å². The molecule has 2 atom stereocenters. The van der Waals surface area contributed by atoms with Gasteiger partial charge in [0, 0.05) is 9.75 Å². The summed E-state index contributed by atoms with van der Waals surface area (Å²) in [6.45, 7) is 4.87. The highest BCUT2D eigenvalue weighted by Gasteiger charge is 2.41. The summed E-state index contributed by atoms with van der Waals surface area (Å²) in [6, 6.07) is 5.24. The Morgan fingerprint density at radius 1 is 0.562 bits per heavy atom. The van der Waals surface area contributed by atoms with E-state index in [2.05, 4.69) is 37.3 Å². The fraction of sp³-hybridized carbons (Fsp3) is 0.419. The van der Waals surface area contributed by atoms with Crippen LogP contribution in [0.5, 0.6) is 0 Å². The van der Waals surface area contributed by atoms with Gasteiger partial charge in [-0.1, -0.05) is 31.1 Å². The Morgan fingerprint density at radius 3 is 2.09 bits per heavy atom. The van der Waals surface area contributed by atoms with Gasteiger partial charge in [0.15, 0.2) is 0 Å². The van der Waals surface area contributed by atoms with Crippen LogP contribution in [0.1, 0.15) is 85.1 Å². The van der Waals surface area contributed by atoms with Crippen LogP contribution < -0.4 is 0 Å². The topological polar surface area (TPSA) is 0 Å². The van der Waals surface area contributed by atoms with Crippen molar-refractivity contribution in [2.75, 3.05) is 0 Å². The first kappa shape index (κ1) is 17.4. The van der Waals surface area contributed by atoms with Gasteiger partial charge in [-0.2, -0.15) is 0 Å². The van der Waals surface area contributed by atoms with Crippen LogP contribution in [-0.4, -0.2) is 0 Å². The number of fused-ring (bicyclic) bond motifs is 10. The van der Waals surface area contributed by atoms with Crippen LogP contribution in [0.3, 0.4) is 0 Å². The van der Waals surface area contributed by atoms with Crippen molar-refractivity contribution >= 4 is 22.5 Å². The van der Waals surface area contributed by atoms with Gasteiger partial charge in [-0.05, 0) is 143 Å². The van der Waals surface area contributed by atoms with Gasteiger partial charge in [-0.3, -0.25) is 0 Å². The maximum absolute atomic E-state index is 2.62. The number of hydrogen-bond acceptors (Lipinski definition) is 1. The summed E-state index contributed by atoms with van der Waals surface area (Å²) in [5.41, 5.74) is 23.9. The van der Waals surface area contributed by atoms with Gasteiger partial charge in [0.2, 0.25) is 0 Å². The van der Waals surface area contributed by atoms with E-state index in [4.69, 9.17) is 0 Å². The molecular weight excluding hydrogens is 404 g/mol. The van der Waals surface area contributed by atoms with Gasteiger partial charge >= 0.3 is 0 Å². The van der Waals surface area contributed by atoms with E-state index in [1.54, 1.807) is 87.7 Å². The first-order valence-corrected chi connectivity index (χ1v) is 13.6. The minimum Gasteiger partial charge on any atom is -0.135 e. The molecule has 0 radical (unpaired) electrons. The molecule has 0 fully saturated rings. The standard InChI is InChI=1S/C31H28S/c1-14-3-16-9-24-25-10-18-8-23-19(7-21(18)27(25)13-26(24)20(16)5-14)12-29-28-11-17-4-15(2)6-22(17)30(28)32-31(23)29/h7-8,14-15H,3-6,9-13H2,1-2H3. The van der Waals surface area contributed by atoms with Crippen LogP contribution in [0.15, 0.2) is 45.6 Å². The maximum atomic E-state index is 2.62. The van der Waals surface area contributed by atoms with Crippen molar-refractivity contribution in [2.24, 2.45) is 11.8 Å². The van der Waals surface area contributed by atoms with E-state index in [-0.39, 0.29) is 0 Å². The van der Waals surface area contributed by atoms with Gasteiger partial charge in [0.1, 0.15) is 0 Å². The molecular formula is C31H28S. The molecule has 1 aromatic heterocycles. The van der Waals surface area contributed by atoms with E-state index in [0.717, 1.165) is 11.8 Å². The summed E-state index contributed by atoms with van der Waals surface area (Å²) < 4.78 is 0. The van der Waals surface area contributed by atoms with Crippen molar-refractivity contribution in [3.63, 3.8) is 0 Å². The number of thiophene rings is 1. The molecule has 9 rings (SSSR count). The zero-order valence-electron chi connectivity index (χ0n) is 19.1. The highest BCUT2D eigenvalue weighted by molar-refractivity contribution is 7.17. The molecule has 1 aromatic carbocycles. The highest BCUT2D eigenvalue weighted by Crippen LogP contribution is 2.59. The van der Waals surface area contributed by atoms with Crippen LogP contribution in [0.25, 0.3) is 21.6 Å². The minimum atomic E-state index is 0.864. The van der Waals surface area contributed by atoms with Gasteiger partial charge < -0.3 is 0 Å². The highest BCUT2D eigenvalue weighted by atomic mass is 32.1. The lowest BCUT2D eigenvalue weighted by atomic mass is 9.93. The predicted molar refractivity (Wildman–Crippen MR) is 134 cm³/mol. The van der Waals surface area contributed by atoms with Gasteiger partial charge in [0.25, 0.3) is 0 Å². The van der Waals surface area contributed by atoms with Crippen LogP contribution >= 0.6 is 11.3 Å². The van der Waals surface area contributed by atoms with Crippen molar-refractivity contribution in [3.05, 3.63) is 78.3 Å². The van der Waals surface area contributed by atoms with Gasteiger partial charge in [-0.15, -0.1) is 11.3 Å². The molecule has 7 aliphatic carbocycles. The Kier molecular flexibility index (Phi) is 2.99. The number of rotatable bonds is 0. The Labute approximate surface area is 194 Å². The summed E-state index contributed by atoms with van der Waals surface area (Å²) >= 11 is 2.14. The van der Waals surface area contributed by atoms with E-state index in [1.807, 2.05) is 0 Å². The molecule has 0 aliphatic heterocycles. The van der Waals surface area contributed by atoms with E-state index in [9.17, 15) is 0 Å². The van der Waals surface area contributed by atoms with Crippen molar-refractivity contribution in [1.82, 2.24) is 0 Å². The molecule has 0 saturated carbocycles. The molecule has 158 valence electrons. The second-order valence-corrected chi connectivity index (χ2v) is 12.9. The molecule has 32 heavy (non-hydrogen) atoms. The molecule has 0 amide bonds. The Morgan fingerprint density at radius 2 is 1.22 bits per heavy atom. The molecule has 0 spiro atoms. The Balaban J connectivity index is 1.09. The average Bonchev–Trinajstić information content (AvgIpc) is 3.55. The van der Waals surface area contributed by atoms with Crippen LogP contribution in [0.4, 0.5) is 0 Å². The van der Waals surface area contributed by atoms with Crippen LogP contribution in [0.2, 0.25) is 0 Å². The van der Waals surface area contributed by atoms with E-state index in [0.29, 0.717) is 0 Å². The molecule has 2 aromatic rings. The largest absolute Gasteiger partial charge is 0.135 e. The number of hydrogen-bond donors (Lipinski definition) is 0. The van der Waals surface area contributed by atoms with E-state index >= 15 is 0 Å². The number of benzene rings is 1. The lowest BCUT2D eigenvalue weighted by Gasteiger charge is -2.12. The van der Waals surface area contributed by atoms with Crippen molar-refractivity contribution in [3.8, 4) is 10.4 Å². The van der Waals surface area contributed by atoms with Gasteiger partial charge in [0.05, 0.1) is 0 Å². The molecule has 0 saturated heterocycles. The molecule has 2 unspecified atom stereocenters. The first-order chi connectivity index (χ1) is 15.6. The van der Waals surface area contributed by atoms with Gasteiger partial charge in [-0.25, -0.2) is 0 Å². The Bertz CT molecular complexity index is 1460. The minimum absolute atomic E-state index is 0.864. The fourth-order valence-electron chi connectivity index (χ4n) is 8.51. The third-order valence-electron chi connectivity index (χ3n) is 9.76. The summed E-state index contributed by atoms with van der Waals surface area (Å²) in [5, 5.41) is 0. The zero-order chi connectivity index (χ0) is 20.9. The predicted octanol–water partition coefficient (Wildman–Crippen LogP) is 8.20. The monoisotopic (exact) mass is 432 g/mol. The SMILES string of the molecule is CC1CC2=C(C1)C1=C(C2)C2=C(C1)c1cc3c(cc1C2)-c1sc2c(c1C3)CC1=C2CC(C)C1. The van der Waals surface area contributed by atoms with Crippen LogP contribution in [0, 0.1) is 11.8 Å². The first-order valence-electron chi connectivity index (χ1n) is 12.8. The summed E-state index contributed by atoms with van der Waals surface area (Å²) in [4.78, 5) is 3.30. The summed E-state index contributed by atoms with van der Waals surface area (Å²) in [6.07, 6.45) is 11.5. The smallest absolute Gasteiger partial charge is 0.0390 e. The van der Waals surface area contributed by atoms with Crippen molar-refractivity contribution < 1.29 is 0 Å². The number of allylic oxidation sites excluding steroid dienone is 8. The molecule has 0 nitrogen and oxygen atoms in total. The molecule has 1 heteroatoms. The summed E-state index contributed by atoms with van der Waals surface area (Å²) in [7, 11) is 0. The average molecular weight is 433 g/mol. The second kappa shape index (κ2) is 5.50. The van der Waals surface area contributed by atoms with Crippen LogP contribution in [-0.2, 0) is 19.3 Å². The molecule has 0 bridgehead atoms. The van der Waals surface area contributed by atoms with E-state index < -0.39 is 0 Å². The fourth-order valence-corrected chi connectivity index (χ4v) is 10.0. The Hall–Kier alpha value is -2.12. The lowest BCUT2D eigenvalue weighted by molar-refractivity contribution is 0.613. The van der Waals surface area contributed by atoms with Crippen molar-refractivity contribution in [1.29, 1.82) is 0 Å². The third kappa shape index (κ3) is 1.94. The molecule has 1 heterocycles. The molecule has 7 aliphatic rings. The lowest BCUT2D eigenvalue weighted by Crippen LogP contribution is -1.96. The third-order valence-corrected chi connectivity index (χ3v) is 11.1. The van der Waals surface area contributed by atoms with Crippen molar-refractivity contribution in [2.45, 2.75) is 71.6 Å². The molecule has 0 N–H and O–H groups in total. The zero-order valence-corrected chi connectivity index (χ0v) is 19.9. The quantitative estimate of drug-likeness (QED) is 0.336. The summed E-state index contributed by atoms with van der Waals surface area (Å²) in [5.74, 6) is 1.74. The normalized spacial score (nSPS) is 27.9. The maximum Gasteiger partial charge on any atom is 0.0390 e. The second-order valence-electron chi connectivity index (χ2n) is 11.9.